The molecular formula is C20H25NO4S. The van der Waals surface area contributed by atoms with Crippen molar-refractivity contribution in [2.75, 3.05) is 0 Å². The van der Waals surface area contributed by atoms with Gasteiger partial charge in [-0.15, -0.1) is 0 Å². The van der Waals surface area contributed by atoms with Crippen LogP contribution in [-0.4, -0.2) is 19.9 Å². The van der Waals surface area contributed by atoms with Crippen molar-refractivity contribution in [3.05, 3.63) is 65.2 Å². The van der Waals surface area contributed by atoms with Crippen LogP contribution in [0.25, 0.3) is 0 Å². The molecule has 26 heavy (non-hydrogen) atoms. The molecule has 0 amide bonds. The highest BCUT2D eigenvalue weighted by Crippen LogP contribution is 2.19. The maximum absolute atomic E-state index is 12.5. The zero-order chi connectivity index (χ0) is 19.4. The van der Waals surface area contributed by atoms with Crippen LogP contribution in [0.2, 0.25) is 0 Å². The van der Waals surface area contributed by atoms with Gasteiger partial charge in [0.15, 0.2) is 0 Å². The zero-order valence-corrected chi connectivity index (χ0v) is 16.4. The van der Waals surface area contributed by atoms with E-state index in [9.17, 15) is 13.2 Å². The predicted octanol–water partition coefficient (Wildman–Crippen LogP) is 3.36. The first-order chi connectivity index (χ1) is 12.1. The molecule has 0 spiro atoms. The van der Waals surface area contributed by atoms with Crippen molar-refractivity contribution in [1.82, 2.24) is 4.72 Å². The summed E-state index contributed by atoms with van der Waals surface area (Å²) >= 11 is 0. The smallest absolute Gasteiger partial charge is 0.310 e. The summed E-state index contributed by atoms with van der Waals surface area (Å²) < 4.78 is 32.8. The largest absolute Gasteiger partial charge is 0.461 e. The van der Waals surface area contributed by atoms with Crippen LogP contribution in [0, 0.1) is 6.92 Å². The lowest BCUT2D eigenvalue weighted by Crippen LogP contribution is -2.40. The molecule has 0 bridgehead atoms. The minimum Gasteiger partial charge on any atom is -0.461 e. The number of hydrogen-bond donors (Lipinski definition) is 1. The number of nitrogens with one attached hydrogen (secondary N) is 1. The Morgan fingerprint density at radius 3 is 2.27 bits per heavy atom. The van der Waals surface area contributed by atoms with Crippen molar-refractivity contribution in [2.45, 2.75) is 51.2 Å². The number of rotatable bonds is 6. The van der Waals surface area contributed by atoms with E-state index in [1.165, 1.54) is 6.07 Å². The molecular weight excluding hydrogens is 350 g/mol. The Balaban J connectivity index is 2.04. The van der Waals surface area contributed by atoms with Crippen molar-refractivity contribution in [3.8, 4) is 0 Å². The van der Waals surface area contributed by atoms with Crippen LogP contribution in [0.1, 0.15) is 37.5 Å². The Kier molecular flexibility index (Phi) is 6.21. The number of esters is 1. The molecule has 0 aliphatic carbocycles. The number of hydrogen-bond acceptors (Lipinski definition) is 4. The molecule has 0 unspecified atom stereocenters. The van der Waals surface area contributed by atoms with E-state index in [0.717, 1.165) is 11.1 Å². The summed E-state index contributed by atoms with van der Waals surface area (Å²) in [6.07, 6.45) is 0.0979. The zero-order valence-electron chi connectivity index (χ0n) is 15.6. The van der Waals surface area contributed by atoms with Gasteiger partial charge in [0.25, 0.3) is 0 Å². The van der Waals surface area contributed by atoms with E-state index in [-0.39, 0.29) is 23.9 Å². The van der Waals surface area contributed by atoms with Gasteiger partial charge < -0.3 is 4.74 Å². The Labute approximate surface area is 155 Å². The molecule has 0 aromatic heterocycles. The lowest BCUT2D eigenvalue weighted by atomic mass is 10.1. The van der Waals surface area contributed by atoms with Gasteiger partial charge in [0.2, 0.25) is 10.0 Å². The van der Waals surface area contributed by atoms with Gasteiger partial charge in [-0.3, -0.25) is 4.79 Å². The molecule has 0 heterocycles. The molecule has 1 N–H and O–H groups in total. The van der Waals surface area contributed by atoms with Crippen LogP contribution in [0.4, 0.5) is 0 Å². The average Bonchev–Trinajstić information content (AvgIpc) is 2.51. The number of ether oxygens (including phenoxy) is 1. The molecule has 0 aliphatic heterocycles. The highest BCUT2D eigenvalue weighted by atomic mass is 32.2. The van der Waals surface area contributed by atoms with Crippen molar-refractivity contribution in [3.63, 3.8) is 0 Å². The number of carbonyl (C=O) groups excluding carboxylic acids is 1. The van der Waals surface area contributed by atoms with Crippen LogP contribution < -0.4 is 4.72 Å². The Morgan fingerprint density at radius 2 is 1.69 bits per heavy atom. The van der Waals surface area contributed by atoms with Gasteiger partial charge in [-0.2, -0.15) is 0 Å². The van der Waals surface area contributed by atoms with Crippen LogP contribution in [0.3, 0.4) is 0 Å². The summed E-state index contributed by atoms with van der Waals surface area (Å²) in [5, 5.41) is 0. The van der Waals surface area contributed by atoms with E-state index in [2.05, 4.69) is 4.72 Å². The summed E-state index contributed by atoms with van der Waals surface area (Å²) in [5.41, 5.74) is 1.67. The van der Waals surface area contributed by atoms with Crippen molar-refractivity contribution in [1.29, 1.82) is 0 Å². The standard InChI is InChI=1S/C20H25NO4S/c1-15-12-17(10-11-18(15)26(23,24)21-20(2,3)4)13-19(22)25-14-16-8-6-5-7-9-16/h5-12,21H,13-14H2,1-4H3. The number of sulfonamides is 1. The Bertz CT molecular complexity index is 868. The van der Waals surface area contributed by atoms with Gasteiger partial charge in [0, 0.05) is 5.54 Å². The highest BCUT2D eigenvalue weighted by Gasteiger charge is 2.23. The molecule has 2 rings (SSSR count). The lowest BCUT2D eigenvalue weighted by Gasteiger charge is -2.21. The molecule has 5 nitrogen and oxygen atoms in total. The molecule has 140 valence electrons. The maximum Gasteiger partial charge on any atom is 0.310 e. The molecule has 0 saturated heterocycles. The van der Waals surface area contributed by atoms with Crippen molar-refractivity contribution < 1.29 is 17.9 Å². The molecule has 0 aliphatic rings. The number of aryl methyl sites for hydroxylation is 1. The third kappa shape index (κ3) is 5.97. The fourth-order valence-corrected chi connectivity index (χ4v) is 4.18. The minimum atomic E-state index is -3.61. The second-order valence-electron chi connectivity index (χ2n) is 7.28. The van der Waals surface area contributed by atoms with E-state index in [1.807, 2.05) is 30.3 Å². The van der Waals surface area contributed by atoms with Crippen LogP contribution in [0.15, 0.2) is 53.4 Å². The monoisotopic (exact) mass is 375 g/mol. The van der Waals surface area contributed by atoms with E-state index in [0.29, 0.717) is 5.56 Å². The van der Waals surface area contributed by atoms with Gasteiger partial charge in [0.1, 0.15) is 6.61 Å². The van der Waals surface area contributed by atoms with E-state index in [4.69, 9.17) is 4.74 Å². The Morgan fingerprint density at radius 1 is 1.04 bits per heavy atom. The maximum atomic E-state index is 12.5. The fourth-order valence-electron chi connectivity index (χ4n) is 2.54. The highest BCUT2D eigenvalue weighted by molar-refractivity contribution is 7.89. The summed E-state index contributed by atoms with van der Waals surface area (Å²) in [7, 11) is -3.61. The molecule has 0 fully saturated rings. The first kappa shape index (κ1) is 20.1. The molecule has 2 aromatic carbocycles. The topological polar surface area (TPSA) is 72.5 Å². The van der Waals surface area contributed by atoms with Gasteiger partial charge in [-0.1, -0.05) is 42.5 Å². The lowest BCUT2D eigenvalue weighted by molar-refractivity contribution is -0.144. The molecule has 0 saturated carbocycles. The second-order valence-corrected chi connectivity index (χ2v) is 8.93. The second kappa shape index (κ2) is 8.01. The molecule has 0 radical (unpaired) electrons. The predicted molar refractivity (Wildman–Crippen MR) is 101 cm³/mol. The Hall–Kier alpha value is -2.18. The fraction of sp³-hybridized carbons (Fsp3) is 0.350. The van der Waals surface area contributed by atoms with Crippen molar-refractivity contribution in [2.24, 2.45) is 0 Å². The summed E-state index contributed by atoms with van der Waals surface area (Å²) in [5.74, 6) is -0.350. The molecule has 6 heteroatoms. The van der Waals surface area contributed by atoms with Crippen LogP contribution in [-0.2, 0) is 32.6 Å². The molecule has 0 atom stereocenters. The first-order valence-corrected chi connectivity index (χ1v) is 9.88. The normalized spacial score (nSPS) is 12.0. The first-order valence-electron chi connectivity index (χ1n) is 8.40. The van der Waals surface area contributed by atoms with E-state index in [1.54, 1.807) is 39.8 Å². The number of benzene rings is 2. The van der Waals surface area contributed by atoms with Gasteiger partial charge >= 0.3 is 5.97 Å². The number of carbonyl (C=O) groups is 1. The quantitative estimate of drug-likeness (QED) is 0.786. The van der Waals surface area contributed by atoms with E-state index < -0.39 is 15.6 Å². The third-order valence-corrected chi connectivity index (χ3v) is 5.48. The van der Waals surface area contributed by atoms with Crippen molar-refractivity contribution >= 4 is 16.0 Å². The SMILES string of the molecule is Cc1cc(CC(=O)OCc2ccccc2)ccc1S(=O)(=O)NC(C)(C)C. The third-order valence-electron chi connectivity index (χ3n) is 3.56. The van der Waals surface area contributed by atoms with E-state index >= 15 is 0 Å². The van der Waals surface area contributed by atoms with Gasteiger partial charge in [0.05, 0.1) is 11.3 Å². The minimum absolute atomic E-state index is 0.0979. The summed E-state index contributed by atoms with van der Waals surface area (Å²) in [4.78, 5) is 12.2. The molecule has 2 aromatic rings. The van der Waals surface area contributed by atoms with Gasteiger partial charge in [-0.05, 0) is 50.5 Å². The average molecular weight is 375 g/mol. The van der Waals surface area contributed by atoms with Gasteiger partial charge in [-0.25, -0.2) is 13.1 Å². The van der Waals surface area contributed by atoms with Crippen LogP contribution >= 0.6 is 0 Å². The summed E-state index contributed by atoms with van der Waals surface area (Å²) in [6.45, 7) is 7.31. The van der Waals surface area contributed by atoms with Crippen LogP contribution in [0.5, 0.6) is 0 Å². The summed E-state index contributed by atoms with van der Waals surface area (Å²) in [6, 6.07) is 14.3.